The van der Waals surface area contributed by atoms with Crippen LogP contribution in [0.15, 0.2) is 28.8 Å². The summed E-state index contributed by atoms with van der Waals surface area (Å²) in [6, 6.07) is 8.13. The summed E-state index contributed by atoms with van der Waals surface area (Å²) in [7, 11) is 0. The van der Waals surface area contributed by atoms with E-state index in [-0.39, 0.29) is 5.41 Å². The summed E-state index contributed by atoms with van der Waals surface area (Å²) in [5, 5.41) is 12.3. The fourth-order valence-electron chi connectivity index (χ4n) is 3.64. The summed E-state index contributed by atoms with van der Waals surface area (Å²) in [5.41, 5.74) is 2.43. The van der Waals surface area contributed by atoms with Gasteiger partial charge in [0.25, 0.3) is 0 Å². The second-order valence-electron chi connectivity index (χ2n) is 7.46. The van der Waals surface area contributed by atoms with Crippen LogP contribution in [0.4, 0.5) is 0 Å². The normalized spacial score (nSPS) is 17.0. The van der Waals surface area contributed by atoms with Gasteiger partial charge < -0.3 is 15.2 Å². The molecule has 6 heteroatoms. The van der Waals surface area contributed by atoms with Crippen molar-refractivity contribution in [2.24, 2.45) is 0 Å². The number of piperidine rings is 1. The Morgan fingerprint density at radius 3 is 2.62 bits per heavy atom. The van der Waals surface area contributed by atoms with Crippen LogP contribution in [0, 0.1) is 0 Å². The molecule has 2 aromatic rings. The quantitative estimate of drug-likeness (QED) is 0.654. The molecule has 1 aliphatic rings. The Morgan fingerprint density at radius 1 is 1.19 bits per heavy atom. The first-order valence-electron chi connectivity index (χ1n) is 9.33. The highest BCUT2D eigenvalue weighted by atomic mass is 35.5. The van der Waals surface area contributed by atoms with Gasteiger partial charge >= 0.3 is 0 Å². The minimum Gasteiger partial charge on any atom is -0.360 e. The van der Waals surface area contributed by atoms with Crippen LogP contribution in [0.2, 0.25) is 10.0 Å². The summed E-state index contributed by atoms with van der Waals surface area (Å²) in [6.45, 7) is 7.91. The van der Waals surface area contributed by atoms with Crippen molar-refractivity contribution in [2.75, 3.05) is 19.6 Å². The Bertz CT molecular complexity index is 724. The van der Waals surface area contributed by atoms with Gasteiger partial charge in [-0.15, -0.1) is 0 Å². The van der Waals surface area contributed by atoms with Crippen LogP contribution < -0.4 is 10.6 Å². The summed E-state index contributed by atoms with van der Waals surface area (Å²) >= 11 is 12.4. The molecule has 2 N–H and O–H groups in total. The number of benzene rings is 1. The van der Waals surface area contributed by atoms with Crippen LogP contribution in [0.3, 0.4) is 0 Å². The average molecular weight is 396 g/mol. The lowest BCUT2D eigenvalue weighted by Crippen LogP contribution is -2.41. The zero-order valence-electron chi connectivity index (χ0n) is 15.4. The minimum atomic E-state index is 0.136. The standard InChI is InChI=1S/C20H27Cl2N3O/c1-14(2)19-12-16(26-25-19)13-24-10-7-20(5-8-23-9-6-20)15-3-4-17(21)18(22)11-15/h3-4,11-12,14,23-24H,5-10,13H2,1-2H3. The van der Waals surface area contributed by atoms with E-state index in [1.807, 2.05) is 18.2 Å². The third-order valence-electron chi connectivity index (χ3n) is 5.34. The molecule has 0 amide bonds. The SMILES string of the molecule is CC(C)c1cc(CNCCC2(c3ccc(Cl)c(Cl)c3)CCNCC2)on1. The molecule has 0 bridgehead atoms. The summed E-state index contributed by atoms with van der Waals surface area (Å²) in [5.74, 6) is 1.28. The van der Waals surface area contributed by atoms with Crippen molar-refractivity contribution >= 4 is 23.2 Å². The monoisotopic (exact) mass is 395 g/mol. The lowest BCUT2D eigenvalue weighted by molar-refractivity contribution is 0.281. The van der Waals surface area contributed by atoms with Crippen LogP contribution >= 0.6 is 23.2 Å². The van der Waals surface area contributed by atoms with Crippen LogP contribution in [0.25, 0.3) is 0 Å². The first-order chi connectivity index (χ1) is 12.5. The molecule has 3 rings (SSSR count). The number of nitrogens with one attached hydrogen (secondary N) is 2. The van der Waals surface area contributed by atoms with Crippen LogP contribution in [-0.2, 0) is 12.0 Å². The minimum absolute atomic E-state index is 0.136. The van der Waals surface area contributed by atoms with Crippen molar-refractivity contribution in [1.29, 1.82) is 0 Å². The van der Waals surface area contributed by atoms with Gasteiger partial charge in [0.15, 0.2) is 5.76 Å². The molecule has 142 valence electrons. The van der Waals surface area contributed by atoms with Gasteiger partial charge in [-0.25, -0.2) is 0 Å². The molecular formula is C20H27Cl2N3O. The van der Waals surface area contributed by atoms with Crippen molar-refractivity contribution < 1.29 is 4.52 Å². The van der Waals surface area contributed by atoms with E-state index >= 15 is 0 Å². The molecule has 0 aliphatic carbocycles. The molecule has 1 fully saturated rings. The maximum Gasteiger partial charge on any atom is 0.150 e. The van der Waals surface area contributed by atoms with Crippen LogP contribution in [0.5, 0.6) is 0 Å². The highest BCUT2D eigenvalue weighted by Gasteiger charge is 2.33. The largest absolute Gasteiger partial charge is 0.360 e. The number of rotatable bonds is 7. The maximum absolute atomic E-state index is 6.28. The van der Waals surface area contributed by atoms with Crippen molar-refractivity contribution in [1.82, 2.24) is 15.8 Å². The van der Waals surface area contributed by atoms with E-state index in [2.05, 4.69) is 35.7 Å². The third-order valence-corrected chi connectivity index (χ3v) is 6.08. The highest BCUT2D eigenvalue weighted by Crippen LogP contribution is 2.39. The van der Waals surface area contributed by atoms with Crippen molar-refractivity contribution in [3.8, 4) is 0 Å². The number of nitrogens with zero attached hydrogens (tertiary/aromatic N) is 1. The molecule has 1 aromatic heterocycles. The van der Waals surface area contributed by atoms with E-state index in [9.17, 15) is 0 Å². The first kappa shape index (κ1) is 19.7. The highest BCUT2D eigenvalue weighted by molar-refractivity contribution is 6.42. The lowest BCUT2D eigenvalue weighted by Gasteiger charge is -2.38. The van der Waals surface area contributed by atoms with E-state index in [1.54, 1.807) is 0 Å². The van der Waals surface area contributed by atoms with Crippen molar-refractivity contribution in [3.05, 3.63) is 51.3 Å². The van der Waals surface area contributed by atoms with Crippen molar-refractivity contribution in [2.45, 2.75) is 51.0 Å². The van der Waals surface area contributed by atoms with E-state index in [0.717, 1.165) is 50.4 Å². The van der Waals surface area contributed by atoms with Crippen LogP contribution in [-0.4, -0.2) is 24.8 Å². The Labute approximate surface area is 165 Å². The van der Waals surface area contributed by atoms with Gasteiger partial charge in [-0.05, 0) is 67.9 Å². The van der Waals surface area contributed by atoms with E-state index < -0.39 is 0 Å². The second kappa shape index (κ2) is 8.75. The number of halogens is 2. The average Bonchev–Trinajstić information content (AvgIpc) is 3.11. The third kappa shape index (κ3) is 4.61. The molecule has 1 saturated heterocycles. The fourth-order valence-corrected chi connectivity index (χ4v) is 3.94. The predicted octanol–water partition coefficient (Wildman–Crippen LogP) is 4.91. The molecule has 4 nitrogen and oxygen atoms in total. The number of aromatic nitrogens is 1. The molecule has 0 unspecified atom stereocenters. The van der Waals surface area contributed by atoms with E-state index in [1.165, 1.54) is 5.56 Å². The fraction of sp³-hybridized carbons (Fsp3) is 0.550. The second-order valence-corrected chi connectivity index (χ2v) is 8.27. The maximum atomic E-state index is 6.28. The summed E-state index contributed by atoms with van der Waals surface area (Å²) < 4.78 is 5.40. The molecule has 0 radical (unpaired) electrons. The number of hydrogen-bond acceptors (Lipinski definition) is 4. The van der Waals surface area contributed by atoms with Crippen LogP contribution in [0.1, 0.15) is 56.0 Å². The molecule has 1 aromatic carbocycles. The van der Waals surface area contributed by atoms with Crippen molar-refractivity contribution in [3.63, 3.8) is 0 Å². The summed E-state index contributed by atoms with van der Waals surface area (Å²) in [4.78, 5) is 0. The summed E-state index contributed by atoms with van der Waals surface area (Å²) in [6.07, 6.45) is 3.26. The number of hydrogen-bond donors (Lipinski definition) is 2. The van der Waals surface area contributed by atoms with E-state index in [0.29, 0.717) is 22.5 Å². The van der Waals surface area contributed by atoms with Gasteiger partial charge in [0, 0.05) is 6.07 Å². The molecule has 0 saturated carbocycles. The van der Waals surface area contributed by atoms with Gasteiger partial charge in [-0.2, -0.15) is 0 Å². The Balaban J connectivity index is 1.62. The molecule has 1 aliphatic heterocycles. The smallest absolute Gasteiger partial charge is 0.150 e. The Kier molecular flexibility index (Phi) is 6.62. The predicted molar refractivity (Wildman–Crippen MR) is 107 cm³/mol. The van der Waals surface area contributed by atoms with Gasteiger partial charge in [-0.1, -0.05) is 48.3 Å². The first-order valence-corrected chi connectivity index (χ1v) is 10.1. The van der Waals surface area contributed by atoms with Gasteiger partial charge in [-0.3, -0.25) is 0 Å². The molecule has 26 heavy (non-hydrogen) atoms. The lowest BCUT2D eigenvalue weighted by atomic mass is 9.71. The molecule has 0 spiro atoms. The zero-order chi connectivity index (χ0) is 18.6. The topological polar surface area (TPSA) is 50.1 Å². The van der Waals surface area contributed by atoms with Gasteiger partial charge in [0.05, 0.1) is 22.3 Å². The molecular weight excluding hydrogens is 369 g/mol. The van der Waals surface area contributed by atoms with E-state index in [4.69, 9.17) is 27.7 Å². The zero-order valence-corrected chi connectivity index (χ0v) is 17.0. The van der Waals surface area contributed by atoms with Gasteiger partial charge in [0.1, 0.15) is 0 Å². The Morgan fingerprint density at radius 2 is 1.96 bits per heavy atom. The Hall–Kier alpha value is -1.07. The van der Waals surface area contributed by atoms with Gasteiger partial charge in [0.2, 0.25) is 0 Å². The molecule has 2 heterocycles. The molecule has 0 atom stereocenters.